The normalized spacial score (nSPS) is 25.0. The van der Waals surface area contributed by atoms with Crippen LogP contribution in [0.15, 0.2) is 11.8 Å². The van der Waals surface area contributed by atoms with Crippen molar-refractivity contribution in [2.45, 2.75) is 84.9 Å². The quantitative estimate of drug-likeness (QED) is 0.392. The lowest BCUT2D eigenvalue weighted by atomic mass is 9.72. The van der Waals surface area contributed by atoms with E-state index in [0.29, 0.717) is 17.6 Å². The Morgan fingerprint density at radius 2 is 1.88 bits per heavy atom. The van der Waals surface area contributed by atoms with E-state index in [-0.39, 0.29) is 11.0 Å². The summed E-state index contributed by atoms with van der Waals surface area (Å²) in [4.78, 5) is 11.7. The second-order valence-electron chi connectivity index (χ2n) is 9.32. The van der Waals surface area contributed by atoms with E-state index in [2.05, 4.69) is 40.8 Å². The van der Waals surface area contributed by atoms with E-state index < -0.39 is 8.32 Å². The molecule has 1 fully saturated rings. The highest BCUT2D eigenvalue weighted by Crippen LogP contribution is 2.41. The van der Waals surface area contributed by atoms with Gasteiger partial charge in [0.1, 0.15) is 5.78 Å². The van der Waals surface area contributed by atoms with Crippen LogP contribution in [-0.4, -0.2) is 27.8 Å². The Kier molecular flexibility index (Phi) is 8.40. The summed E-state index contributed by atoms with van der Waals surface area (Å²) in [6.45, 7) is 16.1. The Hall–Kier alpha value is -0.613. The summed E-state index contributed by atoms with van der Waals surface area (Å²) in [5.74, 6) is 1.43. The van der Waals surface area contributed by atoms with Crippen LogP contribution < -0.4 is 0 Å². The summed E-state index contributed by atoms with van der Waals surface area (Å²) < 4.78 is 11.8. The number of ether oxygens (including phenoxy) is 1. The summed E-state index contributed by atoms with van der Waals surface area (Å²) in [6, 6.07) is 0. The van der Waals surface area contributed by atoms with Crippen molar-refractivity contribution in [1.29, 1.82) is 0 Å². The molecule has 0 N–H and O–H groups in total. The van der Waals surface area contributed by atoms with E-state index in [9.17, 15) is 4.79 Å². The van der Waals surface area contributed by atoms with Gasteiger partial charge < -0.3 is 9.16 Å². The zero-order valence-electron chi connectivity index (χ0n) is 17.8. The van der Waals surface area contributed by atoms with Gasteiger partial charge in [-0.15, -0.1) is 0 Å². The first kappa shape index (κ1) is 22.4. The molecule has 146 valence electrons. The van der Waals surface area contributed by atoms with Crippen molar-refractivity contribution in [3.8, 4) is 0 Å². The largest absolute Gasteiger partial charge is 0.504 e. The van der Waals surface area contributed by atoms with Gasteiger partial charge in [0.15, 0.2) is 8.32 Å². The Labute approximate surface area is 156 Å². The fourth-order valence-electron chi connectivity index (χ4n) is 3.44. The smallest absolute Gasteiger partial charge is 0.191 e. The molecule has 25 heavy (non-hydrogen) atoms. The molecular weight excluding hydrogens is 328 g/mol. The predicted octanol–water partition coefficient (Wildman–Crippen LogP) is 5.96. The molecule has 0 saturated heterocycles. The van der Waals surface area contributed by atoms with Crippen molar-refractivity contribution in [2.75, 3.05) is 13.7 Å². The number of Topliss-reactive ketones (excluding diaryl/α,β-unsaturated/α-hetero) is 1. The van der Waals surface area contributed by atoms with Gasteiger partial charge in [-0.1, -0.05) is 34.1 Å². The summed E-state index contributed by atoms with van der Waals surface area (Å²) >= 11 is 0. The van der Waals surface area contributed by atoms with Crippen molar-refractivity contribution in [3.63, 3.8) is 0 Å². The molecule has 1 aliphatic carbocycles. The number of carbonyl (C=O) groups is 1. The highest BCUT2D eigenvalue weighted by molar-refractivity contribution is 6.74. The third-order valence-electron chi connectivity index (χ3n) is 6.37. The minimum Gasteiger partial charge on any atom is -0.504 e. The first-order valence-electron chi connectivity index (χ1n) is 9.86. The highest BCUT2D eigenvalue weighted by atomic mass is 28.4. The van der Waals surface area contributed by atoms with Crippen molar-refractivity contribution >= 4 is 14.1 Å². The Bertz CT molecular complexity index is 462. The lowest BCUT2D eigenvalue weighted by Gasteiger charge is -2.38. The topological polar surface area (TPSA) is 35.5 Å². The second-order valence-corrected chi connectivity index (χ2v) is 14.1. The van der Waals surface area contributed by atoms with Crippen molar-refractivity contribution in [3.05, 3.63) is 11.8 Å². The average molecular weight is 369 g/mol. The molecule has 0 amide bonds. The van der Waals surface area contributed by atoms with E-state index >= 15 is 0 Å². The molecule has 0 bridgehead atoms. The average Bonchev–Trinajstić information content (AvgIpc) is 2.48. The van der Waals surface area contributed by atoms with E-state index in [1.165, 1.54) is 24.8 Å². The number of rotatable bonds is 8. The summed E-state index contributed by atoms with van der Waals surface area (Å²) in [6.07, 6.45) is 7.58. The number of ketones is 1. The van der Waals surface area contributed by atoms with Crippen LogP contribution in [-0.2, 0) is 14.0 Å². The standard InChI is InChI=1S/C21H40O3Si/c1-16(17(2)22)14-19-11-9-10-18(20(19)15-23-6)12-13-24-25(7,8)21(3,4)5/h15-16,18-19H,9-14H2,1-8H3/b20-15-/t16?,18-,19+/m0/s1. The minimum atomic E-state index is -1.68. The minimum absolute atomic E-state index is 0.132. The van der Waals surface area contributed by atoms with Crippen molar-refractivity contribution < 1.29 is 14.0 Å². The second kappa shape index (κ2) is 9.36. The third-order valence-corrected chi connectivity index (χ3v) is 10.9. The van der Waals surface area contributed by atoms with Gasteiger partial charge in [-0.3, -0.25) is 4.79 Å². The van der Waals surface area contributed by atoms with Crippen LogP contribution in [0.2, 0.25) is 18.1 Å². The molecule has 0 aromatic rings. The zero-order valence-corrected chi connectivity index (χ0v) is 18.8. The number of methoxy groups -OCH3 is 1. The van der Waals surface area contributed by atoms with Gasteiger partial charge >= 0.3 is 0 Å². The maximum atomic E-state index is 11.7. The summed E-state index contributed by atoms with van der Waals surface area (Å²) in [5, 5.41) is 0.254. The molecule has 1 saturated carbocycles. The fraction of sp³-hybridized carbons (Fsp3) is 0.857. The van der Waals surface area contributed by atoms with Crippen LogP contribution in [0, 0.1) is 17.8 Å². The Balaban J connectivity index is 2.71. The van der Waals surface area contributed by atoms with Gasteiger partial charge in [0.2, 0.25) is 0 Å². The van der Waals surface area contributed by atoms with E-state index in [0.717, 1.165) is 19.4 Å². The van der Waals surface area contributed by atoms with Crippen LogP contribution in [0.5, 0.6) is 0 Å². The van der Waals surface area contributed by atoms with Crippen LogP contribution in [0.3, 0.4) is 0 Å². The molecule has 1 rings (SSSR count). The van der Waals surface area contributed by atoms with E-state index in [1.54, 1.807) is 14.0 Å². The molecule has 0 spiro atoms. The van der Waals surface area contributed by atoms with Gasteiger partial charge in [0.05, 0.1) is 13.4 Å². The number of hydrogen-bond donors (Lipinski definition) is 0. The number of hydrogen-bond acceptors (Lipinski definition) is 3. The maximum absolute atomic E-state index is 11.7. The van der Waals surface area contributed by atoms with Gasteiger partial charge in [-0.05, 0) is 68.1 Å². The molecular formula is C21H40O3Si. The van der Waals surface area contributed by atoms with Crippen LogP contribution >= 0.6 is 0 Å². The highest BCUT2D eigenvalue weighted by Gasteiger charge is 2.37. The monoisotopic (exact) mass is 368 g/mol. The molecule has 3 nitrogen and oxygen atoms in total. The molecule has 0 aliphatic heterocycles. The summed E-state index contributed by atoms with van der Waals surface area (Å²) in [7, 11) is 0.0490. The first-order valence-corrected chi connectivity index (χ1v) is 12.8. The molecule has 3 atom stereocenters. The number of carbonyl (C=O) groups excluding carboxylic acids is 1. The lowest BCUT2D eigenvalue weighted by molar-refractivity contribution is -0.120. The summed E-state index contributed by atoms with van der Waals surface area (Å²) in [5.41, 5.74) is 1.40. The number of allylic oxidation sites excluding steroid dienone is 1. The van der Waals surface area contributed by atoms with Crippen LogP contribution in [0.25, 0.3) is 0 Å². The molecule has 4 heteroatoms. The van der Waals surface area contributed by atoms with Gasteiger partial charge in [0, 0.05) is 12.5 Å². The van der Waals surface area contributed by atoms with Crippen molar-refractivity contribution in [1.82, 2.24) is 0 Å². The van der Waals surface area contributed by atoms with Gasteiger partial charge in [0.25, 0.3) is 0 Å². The fourth-order valence-corrected chi connectivity index (χ4v) is 4.50. The van der Waals surface area contributed by atoms with Gasteiger partial charge in [-0.2, -0.15) is 0 Å². The van der Waals surface area contributed by atoms with E-state index in [1.807, 2.05) is 6.26 Å². The van der Waals surface area contributed by atoms with Crippen LogP contribution in [0.4, 0.5) is 0 Å². The molecule has 1 aliphatic rings. The van der Waals surface area contributed by atoms with Crippen molar-refractivity contribution in [2.24, 2.45) is 17.8 Å². The maximum Gasteiger partial charge on any atom is 0.191 e. The molecule has 0 heterocycles. The molecule has 0 aromatic carbocycles. The lowest BCUT2D eigenvalue weighted by Crippen LogP contribution is -2.41. The van der Waals surface area contributed by atoms with Gasteiger partial charge in [-0.25, -0.2) is 0 Å². The SMILES string of the molecule is CO/C=C1/[C@H](CCO[Si](C)(C)C(C)(C)C)CCC[C@@H]1CC(C)C(C)=O. The first-order chi connectivity index (χ1) is 11.5. The Morgan fingerprint density at radius 1 is 1.28 bits per heavy atom. The molecule has 0 aromatic heterocycles. The van der Waals surface area contributed by atoms with E-state index in [4.69, 9.17) is 9.16 Å². The molecule has 0 radical (unpaired) electrons. The van der Waals surface area contributed by atoms with Crippen LogP contribution in [0.1, 0.15) is 66.7 Å². The Morgan fingerprint density at radius 3 is 2.40 bits per heavy atom. The molecule has 1 unspecified atom stereocenters. The predicted molar refractivity (Wildman–Crippen MR) is 108 cm³/mol. The zero-order chi connectivity index (χ0) is 19.3. The third kappa shape index (κ3) is 6.56.